The molecule has 1 amide bonds. The molecule has 106 valence electrons. The third-order valence-electron chi connectivity index (χ3n) is 3.27. The summed E-state index contributed by atoms with van der Waals surface area (Å²) in [5.41, 5.74) is 0.492. The first-order valence-electron chi connectivity index (χ1n) is 6.48. The number of halogens is 1. The zero-order chi connectivity index (χ0) is 14.8. The van der Waals surface area contributed by atoms with E-state index in [0.717, 1.165) is 0 Å². The molecule has 1 aliphatic rings. The molecular weight excluding hydrogens is 290 g/mol. The number of para-hydroxylation sites is 1. The van der Waals surface area contributed by atoms with Crippen LogP contribution in [-0.2, 0) is 9.59 Å². The maximum absolute atomic E-state index is 11.9. The number of ketones is 1. The molecule has 1 atom stereocenters. The highest BCUT2D eigenvalue weighted by Gasteiger charge is 2.36. The van der Waals surface area contributed by atoms with Crippen LogP contribution in [0.1, 0.15) is 11.5 Å². The summed E-state index contributed by atoms with van der Waals surface area (Å²) < 4.78 is 5.78. The van der Waals surface area contributed by atoms with Gasteiger partial charge in [0, 0.05) is 10.6 Å². The van der Waals surface area contributed by atoms with Crippen LogP contribution in [0.5, 0.6) is 11.5 Å². The molecule has 1 N–H and O–H groups in total. The smallest absolute Gasteiger partial charge is 0.235 e. The van der Waals surface area contributed by atoms with Gasteiger partial charge in [0.25, 0.3) is 0 Å². The molecular formula is C16H12ClNO3. The normalized spacial score (nSPS) is 17.7. The summed E-state index contributed by atoms with van der Waals surface area (Å²) in [6.45, 7) is 0.0425. The van der Waals surface area contributed by atoms with E-state index in [4.69, 9.17) is 16.3 Å². The standard InChI is InChI=1S/C16H12ClNO3/c17-10-6-7-14(21-11-4-2-1-3-5-11)12(8-10)15-13(19)9-18-16(15)20/h1-8,15H,9H2,(H,18,20). The number of hydrogen-bond acceptors (Lipinski definition) is 3. The van der Waals surface area contributed by atoms with Crippen molar-refractivity contribution in [2.24, 2.45) is 0 Å². The van der Waals surface area contributed by atoms with Crippen LogP contribution in [0, 0.1) is 0 Å². The van der Waals surface area contributed by atoms with Gasteiger partial charge in [0.1, 0.15) is 17.4 Å². The van der Waals surface area contributed by atoms with Gasteiger partial charge in [0.2, 0.25) is 5.91 Å². The van der Waals surface area contributed by atoms with Gasteiger partial charge in [-0.2, -0.15) is 0 Å². The van der Waals surface area contributed by atoms with E-state index >= 15 is 0 Å². The zero-order valence-corrected chi connectivity index (χ0v) is 11.8. The second-order valence-corrected chi connectivity index (χ2v) is 5.15. The Morgan fingerprint density at radius 3 is 2.52 bits per heavy atom. The minimum Gasteiger partial charge on any atom is -0.457 e. The molecule has 1 aliphatic heterocycles. The molecule has 0 saturated carbocycles. The van der Waals surface area contributed by atoms with Crippen molar-refractivity contribution >= 4 is 23.3 Å². The lowest BCUT2D eigenvalue weighted by Crippen LogP contribution is -2.18. The molecule has 0 spiro atoms. The third-order valence-corrected chi connectivity index (χ3v) is 3.51. The number of carbonyl (C=O) groups is 2. The molecule has 3 rings (SSSR count). The number of carbonyl (C=O) groups excluding carboxylic acids is 2. The number of nitrogens with one attached hydrogen (secondary N) is 1. The van der Waals surface area contributed by atoms with Gasteiger partial charge in [0.15, 0.2) is 5.78 Å². The van der Waals surface area contributed by atoms with Crippen molar-refractivity contribution < 1.29 is 14.3 Å². The first-order valence-corrected chi connectivity index (χ1v) is 6.86. The van der Waals surface area contributed by atoms with Gasteiger partial charge in [-0.1, -0.05) is 29.8 Å². The Morgan fingerprint density at radius 1 is 1.10 bits per heavy atom. The fraction of sp³-hybridized carbons (Fsp3) is 0.125. The summed E-state index contributed by atoms with van der Waals surface area (Å²) in [6.07, 6.45) is 0. The van der Waals surface area contributed by atoms with Gasteiger partial charge >= 0.3 is 0 Å². The molecule has 4 nitrogen and oxygen atoms in total. The van der Waals surface area contributed by atoms with Crippen LogP contribution in [0.4, 0.5) is 0 Å². The molecule has 2 aromatic carbocycles. The van der Waals surface area contributed by atoms with Crippen LogP contribution in [0.3, 0.4) is 0 Å². The van der Waals surface area contributed by atoms with Crippen LogP contribution in [0.2, 0.25) is 5.02 Å². The van der Waals surface area contributed by atoms with E-state index in [1.54, 1.807) is 30.3 Å². The maximum Gasteiger partial charge on any atom is 0.235 e. The Labute approximate surface area is 126 Å². The number of Topliss-reactive ketones (excluding diaryl/α,β-unsaturated/α-hetero) is 1. The lowest BCUT2D eigenvalue weighted by atomic mass is 9.96. The van der Waals surface area contributed by atoms with Gasteiger partial charge in [-0.05, 0) is 30.3 Å². The first-order chi connectivity index (χ1) is 10.1. The van der Waals surface area contributed by atoms with Crippen LogP contribution < -0.4 is 10.1 Å². The van der Waals surface area contributed by atoms with Gasteiger partial charge < -0.3 is 10.1 Å². The Hall–Kier alpha value is -2.33. The minimum atomic E-state index is -0.859. The molecule has 0 bridgehead atoms. The predicted octanol–water partition coefficient (Wildman–Crippen LogP) is 2.91. The average Bonchev–Trinajstić information content (AvgIpc) is 2.81. The van der Waals surface area contributed by atoms with Gasteiger partial charge in [-0.3, -0.25) is 9.59 Å². The number of hydrogen-bond donors (Lipinski definition) is 1. The van der Waals surface area contributed by atoms with E-state index in [0.29, 0.717) is 22.1 Å². The largest absolute Gasteiger partial charge is 0.457 e. The fourth-order valence-electron chi connectivity index (χ4n) is 2.29. The Morgan fingerprint density at radius 2 is 1.86 bits per heavy atom. The Balaban J connectivity index is 2.01. The summed E-state index contributed by atoms with van der Waals surface area (Å²) in [7, 11) is 0. The van der Waals surface area contributed by atoms with Crippen molar-refractivity contribution in [2.45, 2.75) is 5.92 Å². The van der Waals surface area contributed by atoms with Crippen molar-refractivity contribution in [1.82, 2.24) is 5.32 Å². The van der Waals surface area contributed by atoms with E-state index in [-0.39, 0.29) is 18.2 Å². The van der Waals surface area contributed by atoms with Crippen LogP contribution >= 0.6 is 11.6 Å². The molecule has 5 heteroatoms. The predicted molar refractivity (Wildman–Crippen MR) is 78.7 cm³/mol. The van der Waals surface area contributed by atoms with E-state index in [9.17, 15) is 9.59 Å². The highest BCUT2D eigenvalue weighted by Crippen LogP contribution is 2.34. The van der Waals surface area contributed by atoms with E-state index in [2.05, 4.69) is 5.32 Å². The van der Waals surface area contributed by atoms with E-state index < -0.39 is 5.92 Å². The second-order valence-electron chi connectivity index (χ2n) is 4.71. The maximum atomic E-state index is 11.9. The lowest BCUT2D eigenvalue weighted by Gasteiger charge is -2.14. The number of ether oxygens (including phenoxy) is 1. The first kappa shape index (κ1) is 13.6. The molecule has 0 radical (unpaired) electrons. The molecule has 1 saturated heterocycles. The number of rotatable bonds is 3. The molecule has 21 heavy (non-hydrogen) atoms. The fourth-order valence-corrected chi connectivity index (χ4v) is 2.47. The molecule has 1 heterocycles. The molecule has 1 fully saturated rings. The van der Waals surface area contributed by atoms with Crippen LogP contribution in [0.25, 0.3) is 0 Å². The summed E-state index contributed by atoms with van der Waals surface area (Å²) in [6, 6.07) is 14.1. The Kier molecular flexibility index (Phi) is 3.62. The quantitative estimate of drug-likeness (QED) is 0.887. The molecule has 2 aromatic rings. The second kappa shape index (κ2) is 5.58. The number of benzene rings is 2. The minimum absolute atomic E-state index is 0.0425. The molecule has 0 aliphatic carbocycles. The summed E-state index contributed by atoms with van der Waals surface area (Å²) >= 11 is 6.00. The van der Waals surface area contributed by atoms with Crippen LogP contribution in [-0.4, -0.2) is 18.2 Å². The summed E-state index contributed by atoms with van der Waals surface area (Å²) in [4.78, 5) is 23.8. The Bertz CT molecular complexity index is 684. The van der Waals surface area contributed by atoms with Crippen molar-refractivity contribution in [1.29, 1.82) is 0 Å². The van der Waals surface area contributed by atoms with E-state index in [1.807, 2.05) is 18.2 Å². The number of amides is 1. The zero-order valence-electron chi connectivity index (χ0n) is 11.0. The average molecular weight is 302 g/mol. The third kappa shape index (κ3) is 2.76. The summed E-state index contributed by atoms with van der Waals surface area (Å²) in [5, 5.41) is 3.00. The van der Waals surface area contributed by atoms with Crippen molar-refractivity contribution in [3.05, 3.63) is 59.1 Å². The summed E-state index contributed by atoms with van der Waals surface area (Å²) in [5.74, 6) is -0.268. The highest BCUT2D eigenvalue weighted by molar-refractivity contribution is 6.30. The van der Waals surface area contributed by atoms with Gasteiger partial charge in [-0.15, -0.1) is 0 Å². The molecule has 0 aromatic heterocycles. The highest BCUT2D eigenvalue weighted by atomic mass is 35.5. The lowest BCUT2D eigenvalue weighted by molar-refractivity contribution is -0.124. The monoisotopic (exact) mass is 301 g/mol. The van der Waals surface area contributed by atoms with Gasteiger partial charge in [-0.25, -0.2) is 0 Å². The topological polar surface area (TPSA) is 55.4 Å². The van der Waals surface area contributed by atoms with Crippen molar-refractivity contribution in [3.63, 3.8) is 0 Å². The van der Waals surface area contributed by atoms with Crippen LogP contribution in [0.15, 0.2) is 48.5 Å². The van der Waals surface area contributed by atoms with Crippen molar-refractivity contribution in [2.75, 3.05) is 6.54 Å². The molecule has 1 unspecified atom stereocenters. The SMILES string of the molecule is O=C1CNC(=O)C1c1cc(Cl)ccc1Oc1ccccc1. The van der Waals surface area contributed by atoms with Crippen molar-refractivity contribution in [3.8, 4) is 11.5 Å². The van der Waals surface area contributed by atoms with Gasteiger partial charge in [0.05, 0.1) is 6.54 Å². The van der Waals surface area contributed by atoms with E-state index in [1.165, 1.54) is 0 Å².